The molecule has 0 saturated carbocycles. The first kappa shape index (κ1) is 10.4. The molecule has 0 spiro atoms. The Morgan fingerprint density at radius 1 is 1.55 bits per heavy atom. The third-order valence-corrected chi connectivity index (χ3v) is 1.48. The van der Waals surface area contributed by atoms with E-state index >= 15 is 0 Å². The highest BCUT2D eigenvalue weighted by Crippen LogP contribution is 2.04. The molecule has 11 heavy (non-hydrogen) atoms. The van der Waals surface area contributed by atoms with Crippen molar-refractivity contribution in [3.63, 3.8) is 0 Å². The van der Waals surface area contributed by atoms with Gasteiger partial charge in [-0.1, -0.05) is 19.8 Å². The van der Waals surface area contributed by atoms with Crippen LogP contribution in [0.5, 0.6) is 0 Å². The van der Waals surface area contributed by atoms with E-state index in [1.54, 1.807) is 0 Å². The second kappa shape index (κ2) is 6.16. The maximum Gasteiger partial charge on any atom is 0.267 e. The average Bonchev–Trinajstić information content (AvgIpc) is 1.97. The Bertz CT molecular complexity index is 115. The summed E-state index contributed by atoms with van der Waals surface area (Å²) in [5, 5.41) is 0. The first-order chi connectivity index (χ1) is 5.22. The van der Waals surface area contributed by atoms with Gasteiger partial charge < -0.3 is 4.74 Å². The van der Waals surface area contributed by atoms with Crippen LogP contribution in [-0.4, -0.2) is 18.6 Å². The van der Waals surface area contributed by atoms with Crippen molar-refractivity contribution >= 4 is 5.91 Å². The van der Waals surface area contributed by atoms with Crippen molar-refractivity contribution in [3.8, 4) is 0 Å². The van der Waals surface area contributed by atoms with Gasteiger partial charge in [-0.25, -0.2) is 0 Å². The van der Waals surface area contributed by atoms with E-state index in [1.165, 1.54) is 0 Å². The third-order valence-electron chi connectivity index (χ3n) is 1.48. The van der Waals surface area contributed by atoms with Crippen molar-refractivity contribution < 1.29 is 9.53 Å². The first-order valence-electron chi connectivity index (χ1n) is 4.09. The zero-order valence-electron chi connectivity index (χ0n) is 7.22. The molecule has 1 amide bonds. The highest BCUT2D eigenvalue weighted by Gasteiger charge is 2.14. The molecule has 0 aliphatic carbocycles. The Labute approximate surface area is 67.9 Å². The molecule has 65 valence electrons. The van der Waals surface area contributed by atoms with Crippen LogP contribution in [0.4, 0.5) is 0 Å². The van der Waals surface area contributed by atoms with Crippen molar-refractivity contribution in [1.82, 2.24) is 5.73 Å². The number of rotatable bonds is 6. The quantitative estimate of drug-likeness (QED) is 0.586. The lowest BCUT2D eigenvalue weighted by Gasteiger charge is -2.11. The van der Waals surface area contributed by atoms with Crippen LogP contribution in [0.2, 0.25) is 0 Å². The molecule has 0 aromatic carbocycles. The number of nitrogens with one attached hydrogen (secondary N) is 1. The molecule has 0 aliphatic heterocycles. The van der Waals surface area contributed by atoms with Crippen LogP contribution in [0.3, 0.4) is 0 Å². The fourth-order valence-electron chi connectivity index (χ4n) is 0.881. The summed E-state index contributed by atoms with van der Waals surface area (Å²) in [5.74, 6) is -0.597. The Balaban J connectivity index is 3.60. The molecule has 1 unspecified atom stereocenters. The topological polar surface area (TPSA) is 50.1 Å². The highest BCUT2D eigenvalue weighted by molar-refractivity contribution is 5.77. The zero-order valence-corrected chi connectivity index (χ0v) is 7.22. The van der Waals surface area contributed by atoms with Gasteiger partial charge in [-0.15, -0.1) is 0 Å². The lowest BCUT2D eigenvalue weighted by Crippen LogP contribution is -2.24. The highest BCUT2D eigenvalue weighted by atomic mass is 16.5. The van der Waals surface area contributed by atoms with Gasteiger partial charge in [0.15, 0.2) is 0 Å². The normalized spacial score (nSPS) is 12.9. The van der Waals surface area contributed by atoms with E-state index in [0.29, 0.717) is 13.0 Å². The number of carbonyl (C=O) groups is 1. The van der Waals surface area contributed by atoms with Gasteiger partial charge in [0.05, 0.1) is 0 Å². The molecule has 1 N–H and O–H groups in total. The van der Waals surface area contributed by atoms with Gasteiger partial charge in [-0.2, -0.15) is 0 Å². The summed E-state index contributed by atoms with van der Waals surface area (Å²) in [7, 11) is 0. The summed E-state index contributed by atoms with van der Waals surface area (Å²) in [5.41, 5.74) is 6.85. The van der Waals surface area contributed by atoms with Crippen LogP contribution >= 0.6 is 0 Å². The molecule has 0 heterocycles. The second-order valence-electron chi connectivity index (χ2n) is 2.45. The molecule has 0 saturated heterocycles. The van der Waals surface area contributed by atoms with E-state index in [9.17, 15) is 4.79 Å². The Morgan fingerprint density at radius 2 is 2.18 bits per heavy atom. The summed E-state index contributed by atoms with van der Waals surface area (Å²) >= 11 is 0. The Morgan fingerprint density at radius 3 is 2.55 bits per heavy atom. The zero-order chi connectivity index (χ0) is 8.69. The minimum absolute atomic E-state index is 0.486. The monoisotopic (exact) mass is 158 g/mol. The molecular weight excluding hydrogens is 142 g/mol. The van der Waals surface area contributed by atoms with Gasteiger partial charge in [-0.3, -0.25) is 10.5 Å². The summed E-state index contributed by atoms with van der Waals surface area (Å²) in [6.45, 7) is 4.40. The molecular formula is C8H16NO2. The number of unbranched alkanes of at least 4 members (excludes halogenated alkanes) is 1. The number of ether oxygens (including phenoxy) is 1. The predicted molar refractivity (Wildman–Crippen MR) is 43.0 cm³/mol. The number of carbonyl (C=O) groups excluding carboxylic acids is 1. The van der Waals surface area contributed by atoms with Crippen LogP contribution in [0.1, 0.15) is 33.1 Å². The van der Waals surface area contributed by atoms with E-state index in [-0.39, 0.29) is 0 Å². The van der Waals surface area contributed by atoms with Gasteiger partial charge in [0, 0.05) is 6.61 Å². The number of amides is 1. The Hall–Kier alpha value is -0.570. The largest absolute Gasteiger partial charge is 0.369 e. The molecule has 1 radical (unpaired) electrons. The lowest BCUT2D eigenvalue weighted by molar-refractivity contribution is -0.130. The maximum atomic E-state index is 10.6. The summed E-state index contributed by atoms with van der Waals surface area (Å²) in [6.07, 6.45) is 2.19. The third kappa shape index (κ3) is 4.79. The molecule has 3 heteroatoms. The fraction of sp³-hybridized carbons (Fsp3) is 0.875. The van der Waals surface area contributed by atoms with Crippen LogP contribution < -0.4 is 5.73 Å². The SMILES string of the molecule is CCCCC(OCC)C([NH])=O. The van der Waals surface area contributed by atoms with Crippen molar-refractivity contribution in [1.29, 1.82) is 0 Å². The van der Waals surface area contributed by atoms with Crippen molar-refractivity contribution in [2.24, 2.45) is 0 Å². The average molecular weight is 158 g/mol. The standard InChI is InChI=1S/C8H16NO2/c1-3-5-6-7(8(9)10)11-4-2/h7,9H,3-6H2,1-2H3. The van der Waals surface area contributed by atoms with Crippen molar-refractivity contribution in [2.45, 2.75) is 39.2 Å². The molecule has 0 rings (SSSR count). The summed E-state index contributed by atoms with van der Waals surface area (Å²) in [4.78, 5) is 10.6. The minimum atomic E-state index is -0.597. The summed E-state index contributed by atoms with van der Waals surface area (Å²) in [6, 6.07) is 0. The first-order valence-corrected chi connectivity index (χ1v) is 4.09. The second-order valence-corrected chi connectivity index (χ2v) is 2.45. The summed E-state index contributed by atoms with van der Waals surface area (Å²) < 4.78 is 5.07. The lowest BCUT2D eigenvalue weighted by atomic mass is 10.1. The van der Waals surface area contributed by atoms with Crippen molar-refractivity contribution in [3.05, 3.63) is 0 Å². The van der Waals surface area contributed by atoms with Gasteiger partial charge in [-0.05, 0) is 13.3 Å². The molecule has 1 atom stereocenters. The minimum Gasteiger partial charge on any atom is -0.369 e. The molecule has 0 aromatic rings. The van der Waals surface area contributed by atoms with E-state index in [0.717, 1.165) is 12.8 Å². The van der Waals surface area contributed by atoms with Crippen LogP contribution in [0.25, 0.3) is 0 Å². The molecule has 0 bridgehead atoms. The van der Waals surface area contributed by atoms with Crippen LogP contribution in [0.15, 0.2) is 0 Å². The van der Waals surface area contributed by atoms with Crippen LogP contribution in [-0.2, 0) is 9.53 Å². The maximum absolute atomic E-state index is 10.6. The van der Waals surface area contributed by atoms with Gasteiger partial charge >= 0.3 is 0 Å². The van der Waals surface area contributed by atoms with E-state index in [2.05, 4.69) is 6.92 Å². The van der Waals surface area contributed by atoms with Gasteiger partial charge in [0.1, 0.15) is 6.10 Å². The predicted octanol–water partition coefficient (Wildman–Crippen LogP) is 1.39. The number of hydrogen-bond acceptors (Lipinski definition) is 2. The molecule has 3 nitrogen and oxygen atoms in total. The van der Waals surface area contributed by atoms with E-state index < -0.39 is 12.0 Å². The van der Waals surface area contributed by atoms with Crippen LogP contribution in [0, 0.1) is 0 Å². The van der Waals surface area contributed by atoms with Crippen molar-refractivity contribution in [2.75, 3.05) is 6.61 Å². The number of hydrogen-bond donors (Lipinski definition) is 0. The molecule has 0 aliphatic rings. The Kier molecular flexibility index (Phi) is 5.84. The van der Waals surface area contributed by atoms with Gasteiger partial charge in [0.25, 0.3) is 5.91 Å². The fourth-order valence-corrected chi connectivity index (χ4v) is 0.881. The van der Waals surface area contributed by atoms with Gasteiger partial charge in [0.2, 0.25) is 0 Å². The smallest absolute Gasteiger partial charge is 0.267 e. The molecule has 0 fully saturated rings. The van der Waals surface area contributed by atoms with E-state index in [4.69, 9.17) is 10.5 Å². The van der Waals surface area contributed by atoms with E-state index in [1.807, 2.05) is 6.92 Å². The molecule has 0 aromatic heterocycles.